The molecule has 0 atom stereocenters. The summed E-state index contributed by atoms with van der Waals surface area (Å²) in [4.78, 5) is 0.471. The van der Waals surface area contributed by atoms with Crippen LogP contribution in [0.1, 0.15) is 12.5 Å². The van der Waals surface area contributed by atoms with Crippen LogP contribution in [0.2, 0.25) is 0 Å². The third-order valence-electron chi connectivity index (χ3n) is 3.16. The van der Waals surface area contributed by atoms with Gasteiger partial charge in [0.1, 0.15) is 4.90 Å². The van der Waals surface area contributed by atoms with Crippen LogP contribution in [0.15, 0.2) is 35.2 Å². The van der Waals surface area contributed by atoms with Crippen LogP contribution in [-0.2, 0) is 16.5 Å². The van der Waals surface area contributed by atoms with Crippen molar-refractivity contribution < 1.29 is 13.0 Å². The predicted octanol–water partition coefficient (Wildman–Crippen LogP) is 2.15. The van der Waals surface area contributed by atoms with Crippen LogP contribution >= 0.6 is 12.2 Å². The molecule has 0 saturated carbocycles. The lowest BCUT2D eigenvalue weighted by molar-refractivity contribution is 0.484. The van der Waals surface area contributed by atoms with Gasteiger partial charge < -0.3 is 11.1 Å². The van der Waals surface area contributed by atoms with Gasteiger partial charge in [0.15, 0.2) is 0 Å². The first-order valence-corrected chi connectivity index (χ1v) is 8.17. The van der Waals surface area contributed by atoms with Crippen molar-refractivity contribution in [3.05, 3.63) is 35.9 Å². The van der Waals surface area contributed by atoms with E-state index < -0.39 is 10.1 Å². The summed E-state index contributed by atoms with van der Waals surface area (Å²) < 4.78 is 32.4. The van der Waals surface area contributed by atoms with Crippen LogP contribution in [0.5, 0.6) is 0 Å². The van der Waals surface area contributed by atoms with Gasteiger partial charge in [0.05, 0.1) is 10.7 Å². The third-order valence-corrected chi connectivity index (χ3v) is 4.27. The molecular formula is C14H16N2O3S2. The lowest BCUT2D eigenvalue weighted by atomic mass is 10.0. The van der Waals surface area contributed by atoms with Gasteiger partial charge in [-0.3, -0.25) is 4.55 Å². The monoisotopic (exact) mass is 324 g/mol. The normalized spacial score (nSPS) is 11.5. The highest BCUT2D eigenvalue weighted by molar-refractivity contribution is 7.86. The molecule has 0 bridgehead atoms. The second kappa shape index (κ2) is 5.97. The van der Waals surface area contributed by atoms with Gasteiger partial charge >= 0.3 is 0 Å². The van der Waals surface area contributed by atoms with Crippen LogP contribution < -0.4 is 11.1 Å². The summed E-state index contributed by atoms with van der Waals surface area (Å²) in [5.41, 5.74) is 6.69. The average Bonchev–Trinajstić information content (AvgIpc) is 2.36. The van der Waals surface area contributed by atoms with Crippen LogP contribution in [0.4, 0.5) is 5.69 Å². The van der Waals surface area contributed by atoms with Crippen molar-refractivity contribution in [1.29, 1.82) is 0 Å². The zero-order valence-electron chi connectivity index (χ0n) is 11.5. The van der Waals surface area contributed by atoms with Crippen molar-refractivity contribution in [2.75, 3.05) is 12.3 Å². The number of thiocarbonyl (C=S) groups is 1. The number of nitrogens with one attached hydrogen (secondary N) is 1. The molecule has 0 aliphatic carbocycles. The summed E-state index contributed by atoms with van der Waals surface area (Å²) in [6.45, 7) is 2.45. The molecule has 21 heavy (non-hydrogen) atoms. The highest BCUT2D eigenvalue weighted by Crippen LogP contribution is 2.30. The predicted molar refractivity (Wildman–Crippen MR) is 88.2 cm³/mol. The molecule has 112 valence electrons. The number of hydrogen-bond acceptors (Lipinski definition) is 4. The fourth-order valence-electron chi connectivity index (χ4n) is 2.29. The number of fused-ring (bicyclic) bond motifs is 1. The molecule has 0 spiro atoms. The number of rotatable bonds is 4. The Kier molecular flexibility index (Phi) is 4.46. The molecule has 0 heterocycles. The highest BCUT2D eigenvalue weighted by atomic mass is 32.2. The number of nitrogen functional groups attached to an aromatic ring is 1. The first kappa shape index (κ1) is 15.7. The van der Waals surface area contributed by atoms with Gasteiger partial charge in [-0.05, 0) is 30.4 Å². The van der Waals surface area contributed by atoms with Gasteiger partial charge in [0, 0.05) is 11.9 Å². The van der Waals surface area contributed by atoms with Gasteiger partial charge in [-0.15, -0.1) is 0 Å². The van der Waals surface area contributed by atoms with E-state index in [9.17, 15) is 13.0 Å². The molecule has 0 radical (unpaired) electrons. The van der Waals surface area contributed by atoms with E-state index in [4.69, 9.17) is 18.0 Å². The Morgan fingerprint density at radius 2 is 2.00 bits per heavy atom. The zero-order chi connectivity index (χ0) is 15.6. The average molecular weight is 324 g/mol. The first-order valence-electron chi connectivity index (χ1n) is 6.32. The molecule has 2 rings (SSSR count). The molecule has 0 aliphatic rings. The third kappa shape index (κ3) is 3.49. The molecule has 5 nitrogen and oxygen atoms in total. The van der Waals surface area contributed by atoms with E-state index in [1.807, 2.05) is 6.07 Å². The maximum atomic E-state index is 11.5. The van der Waals surface area contributed by atoms with E-state index in [0.29, 0.717) is 23.3 Å². The Labute approximate surface area is 128 Å². The maximum absolute atomic E-state index is 11.5. The summed E-state index contributed by atoms with van der Waals surface area (Å²) in [7, 11) is -4.37. The number of anilines is 1. The molecule has 0 aromatic heterocycles. The lowest BCUT2D eigenvalue weighted by Gasteiger charge is -2.11. The van der Waals surface area contributed by atoms with E-state index in [2.05, 4.69) is 5.32 Å². The van der Waals surface area contributed by atoms with Crippen molar-refractivity contribution >= 4 is 43.8 Å². The molecule has 0 aliphatic heterocycles. The largest absolute Gasteiger partial charge is 0.398 e. The Hall–Kier alpha value is -1.70. The minimum atomic E-state index is -4.37. The molecule has 7 heteroatoms. The van der Waals surface area contributed by atoms with Gasteiger partial charge in [-0.25, -0.2) is 0 Å². The van der Waals surface area contributed by atoms with Crippen molar-refractivity contribution in [3.63, 3.8) is 0 Å². The minimum Gasteiger partial charge on any atom is -0.398 e. The van der Waals surface area contributed by atoms with Crippen LogP contribution in [-0.4, -0.2) is 24.5 Å². The summed E-state index contributed by atoms with van der Waals surface area (Å²) in [6, 6.07) is 8.55. The number of benzene rings is 2. The zero-order valence-corrected chi connectivity index (χ0v) is 13.1. The van der Waals surface area contributed by atoms with E-state index in [1.165, 1.54) is 6.07 Å². The number of nitrogens with two attached hydrogens (primary N) is 1. The molecular weight excluding hydrogens is 308 g/mol. The molecule has 0 saturated heterocycles. The Morgan fingerprint density at radius 1 is 1.29 bits per heavy atom. The molecule has 0 amide bonds. The first-order chi connectivity index (χ1) is 9.80. The van der Waals surface area contributed by atoms with Gasteiger partial charge in [-0.1, -0.05) is 36.5 Å². The lowest BCUT2D eigenvalue weighted by Crippen LogP contribution is -2.20. The van der Waals surface area contributed by atoms with Crippen LogP contribution in [0.25, 0.3) is 10.8 Å². The molecule has 0 unspecified atom stereocenters. The fraction of sp³-hybridized carbons (Fsp3) is 0.214. The smallest absolute Gasteiger partial charge is 0.297 e. The Bertz CT molecular complexity index is 801. The Morgan fingerprint density at radius 3 is 2.62 bits per heavy atom. The van der Waals surface area contributed by atoms with Crippen molar-refractivity contribution in [2.24, 2.45) is 0 Å². The second-order valence-corrected chi connectivity index (χ2v) is 6.67. The van der Waals surface area contributed by atoms with Gasteiger partial charge in [-0.2, -0.15) is 8.42 Å². The fourth-order valence-corrected chi connectivity index (χ4v) is 3.22. The molecule has 0 fully saturated rings. The molecule has 4 N–H and O–H groups in total. The SMILES string of the molecule is CC(=S)NCCc1cccc2c(S(=O)(=O)O)c(N)ccc12. The minimum absolute atomic E-state index is 0.0370. The standard InChI is InChI=1S/C14H16N2O3S2/c1-9(20)16-8-7-10-3-2-4-12-11(10)5-6-13(15)14(12)21(17,18)19/h2-6H,7-8,15H2,1H3,(H,16,20)(H,17,18,19). The summed E-state index contributed by atoms with van der Waals surface area (Å²) >= 11 is 4.95. The van der Waals surface area contributed by atoms with E-state index >= 15 is 0 Å². The van der Waals surface area contributed by atoms with Crippen molar-refractivity contribution in [2.45, 2.75) is 18.2 Å². The Balaban J connectivity index is 2.54. The topological polar surface area (TPSA) is 92.4 Å². The van der Waals surface area contributed by atoms with E-state index in [0.717, 1.165) is 10.9 Å². The summed E-state index contributed by atoms with van der Waals surface area (Å²) in [6.07, 6.45) is 0.681. The second-order valence-electron chi connectivity index (χ2n) is 4.70. The number of hydrogen-bond donors (Lipinski definition) is 3. The van der Waals surface area contributed by atoms with Crippen LogP contribution in [0.3, 0.4) is 0 Å². The summed E-state index contributed by atoms with van der Waals surface area (Å²) in [5.74, 6) is 0. The quantitative estimate of drug-likeness (QED) is 0.453. The van der Waals surface area contributed by atoms with Gasteiger partial charge in [0.2, 0.25) is 0 Å². The molecule has 2 aromatic carbocycles. The van der Waals surface area contributed by atoms with Crippen molar-refractivity contribution in [3.8, 4) is 0 Å². The highest BCUT2D eigenvalue weighted by Gasteiger charge is 2.18. The molecule has 2 aromatic rings. The summed E-state index contributed by atoms with van der Waals surface area (Å²) in [5, 5.41) is 4.23. The van der Waals surface area contributed by atoms with E-state index in [-0.39, 0.29) is 10.6 Å². The maximum Gasteiger partial charge on any atom is 0.297 e. The van der Waals surface area contributed by atoms with Crippen molar-refractivity contribution in [1.82, 2.24) is 5.32 Å². The van der Waals surface area contributed by atoms with Gasteiger partial charge in [0.25, 0.3) is 10.1 Å². The van der Waals surface area contributed by atoms with E-state index in [1.54, 1.807) is 25.1 Å². The van der Waals surface area contributed by atoms with Crippen LogP contribution in [0, 0.1) is 0 Å².